The monoisotopic (exact) mass is 234 g/mol. The lowest BCUT2D eigenvalue weighted by atomic mass is 10.3. The van der Waals surface area contributed by atoms with Crippen LogP contribution in [0.5, 0.6) is 0 Å². The minimum Gasteiger partial charge on any atom is -0.469 e. The van der Waals surface area contributed by atoms with Crippen molar-refractivity contribution in [2.75, 3.05) is 13.7 Å². The van der Waals surface area contributed by atoms with Gasteiger partial charge in [-0.2, -0.15) is 8.42 Å². The molecule has 0 saturated heterocycles. The number of hydrogen-bond acceptors (Lipinski definition) is 4. The Kier molecular flexibility index (Phi) is 4.76. The average Bonchev–Trinajstić information content (AvgIpc) is 2.70. The van der Waals surface area contributed by atoms with Crippen molar-refractivity contribution in [2.24, 2.45) is 0 Å². The fraction of sp³-hybridized carbons (Fsp3) is 0.500. The largest absolute Gasteiger partial charge is 0.469 e. The molecule has 0 amide bonds. The van der Waals surface area contributed by atoms with Gasteiger partial charge in [-0.05, 0) is 18.6 Å². The summed E-state index contributed by atoms with van der Waals surface area (Å²) >= 11 is 0. The summed E-state index contributed by atoms with van der Waals surface area (Å²) < 4.78 is 28.8. The molecular weight excluding hydrogens is 220 g/mol. The Labute approximate surface area is 88.7 Å². The third-order valence-electron chi connectivity index (χ3n) is 1.69. The van der Waals surface area contributed by atoms with E-state index in [1.54, 1.807) is 12.3 Å². The first kappa shape index (κ1) is 12.2. The van der Waals surface area contributed by atoms with E-state index >= 15 is 0 Å². The van der Waals surface area contributed by atoms with Crippen molar-refractivity contribution in [2.45, 2.75) is 12.8 Å². The minimum atomic E-state index is -3.50. The lowest BCUT2D eigenvalue weighted by Crippen LogP contribution is -2.34. The third-order valence-corrected chi connectivity index (χ3v) is 2.56. The SMILES string of the molecule is CNS(=O)(=O)NOCCCc1ccco1. The summed E-state index contributed by atoms with van der Waals surface area (Å²) in [6.07, 6.45) is 2.99. The van der Waals surface area contributed by atoms with E-state index in [0.717, 1.165) is 5.76 Å². The first-order chi connectivity index (χ1) is 7.14. The van der Waals surface area contributed by atoms with Crippen molar-refractivity contribution in [1.29, 1.82) is 0 Å². The average molecular weight is 234 g/mol. The summed E-state index contributed by atoms with van der Waals surface area (Å²) in [6.45, 7) is 0.293. The number of aryl methyl sites for hydroxylation is 1. The van der Waals surface area contributed by atoms with Gasteiger partial charge in [-0.15, -0.1) is 0 Å². The van der Waals surface area contributed by atoms with E-state index in [4.69, 9.17) is 9.25 Å². The van der Waals surface area contributed by atoms with Gasteiger partial charge >= 0.3 is 0 Å². The predicted molar refractivity (Wildman–Crippen MR) is 54.1 cm³/mol. The second kappa shape index (κ2) is 5.86. The third kappa shape index (κ3) is 4.93. The van der Waals surface area contributed by atoms with Gasteiger partial charge in [0.05, 0.1) is 12.9 Å². The summed E-state index contributed by atoms with van der Waals surface area (Å²) in [4.78, 5) is 6.66. The van der Waals surface area contributed by atoms with E-state index in [2.05, 4.69) is 4.72 Å². The smallest absolute Gasteiger partial charge is 0.298 e. The zero-order chi connectivity index (χ0) is 11.1. The van der Waals surface area contributed by atoms with Crippen LogP contribution >= 0.6 is 0 Å². The van der Waals surface area contributed by atoms with Crippen LogP contribution in [0.4, 0.5) is 0 Å². The summed E-state index contributed by atoms with van der Waals surface area (Å²) in [5.74, 6) is 0.857. The van der Waals surface area contributed by atoms with E-state index < -0.39 is 10.2 Å². The van der Waals surface area contributed by atoms with Crippen LogP contribution in [0, 0.1) is 0 Å². The molecule has 7 heteroatoms. The van der Waals surface area contributed by atoms with E-state index in [1.807, 2.05) is 11.0 Å². The summed E-state index contributed by atoms with van der Waals surface area (Å²) in [7, 11) is -2.20. The van der Waals surface area contributed by atoms with Crippen LogP contribution < -0.4 is 9.61 Å². The van der Waals surface area contributed by atoms with Gasteiger partial charge in [-0.3, -0.25) is 4.84 Å². The zero-order valence-corrected chi connectivity index (χ0v) is 9.21. The molecule has 1 aromatic rings. The van der Waals surface area contributed by atoms with Crippen LogP contribution in [0.15, 0.2) is 22.8 Å². The molecule has 0 atom stereocenters. The highest BCUT2D eigenvalue weighted by Crippen LogP contribution is 2.02. The molecule has 0 aliphatic carbocycles. The first-order valence-electron chi connectivity index (χ1n) is 4.48. The Bertz CT molecular complexity index is 360. The van der Waals surface area contributed by atoms with Crippen LogP contribution in [0.3, 0.4) is 0 Å². The van der Waals surface area contributed by atoms with E-state index in [1.165, 1.54) is 7.05 Å². The Morgan fingerprint density at radius 2 is 2.33 bits per heavy atom. The molecule has 86 valence electrons. The number of rotatable bonds is 7. The molecule has 0 aliphatic heterocycles. The van der Waals surface area contributed by atoms with Crippen molar-refractivity contribution in [3.05, 3.63) is 24.2 Å². The maximum atomic E-state index is 10.8. The lowest BCUT2D eigenvalue weighted by Gasteiger charge is -2.04. The number of furan rings is 1. The van der Waals surface area contributed by atoms with Gasteiger partial charge in [0, 0.05) is 13.5 Å². The standard InChI is InChI=1S/C8H14N2O4S/c1-9-15(11,12)10-14-7-3-5-8-4-2-6-13-8/h2,4,6,9-10H,3,5,7H2,1H3. The van der Waals surface area contributed by atoms with Crippen LogP contribution in [0.25, 0.3) is 0 Å². The Hall–Kier alpha value is -0.890. The number of nitrogens with one attached hydrogen (secondary N) is 2. The van der Waals surface area contributed by atoms with Gasteiger partial charge in [0.1, 0.15) is 5.76 Å². The van der Waals surface area contributed by atoms with E-state index in [9.17, 15) is 8.42 Å². The van der Waals surface area contributed by atoms with Crippen LogP contribution in [0.2, 0.25) is 0 Å². The molecule has 1 aromatic heterocycles. The van der Waals surface area contributed by atoms with Crippen molar-refractivity contribution in [3.63, 3.8) is 0 Å². The highest BCUT2D eigenvalue weighted by atomic mass is 32.2. The quantitative estimate of drug-likeness (QED) is 0.521. The molecule has 1 rings (SSSR count). The lowest BCUT2D eigenvalue weighted by molar-refractivity contribution is 0.0898. The molecule has 6 nitrogen and oxygen atoms in total. The highest BCUT2D eigenvalue weighted by Gasteiger charge is 2.04. The van der Waals surface area contributed by atoms with Crippen molar-refractivity contribution in [1.82, 2.24) is 9.61 Å². The van der Waals surface area contributed by atoms with E-state index in [0.29, 0.717) is 19.4 Å². The molecule has 1 heterocycles. The Morgan fingerprint density at radius 1 is 1.53 bits per heavy atom. The normalized spacial score (nSPS) is 11.8. The fourth-order valence-corrected chi connectivity index (χ4v) is 1.26. The van der Waals surface area contributed by atoms with Gasteiger partial charge in [0.2, 0.25) is 0 Å². The van der Waals surface area contributed by atoms with Crippen LogP contribution in [-0.4, -0.2) is 22.1 Å². The molecule has 0 saturated carbocycles. The van der Waals surface area contributed by atoms with Crippen LogP contribution in [-0.2, 0) is 21.5 Å². The molecule has 0 fully saturated rings. The van der Waals surface area contributed by atoms with Crippen molar-refractivity contribution >= 4 is 10.2 Å². The Balaban J connectivity index is 2.08. The van der Waals surface area contributed by atoms with Gasteiger partial charge in [-0.1, -0.05) is 4.89 Å². The van der Waals surface area contributed by atoms with Crippen molar-refractivity contribution in [3.8, 4) is 0 Å². The molecular formula is C8H14N2O4S. The van der Waals surface area contributed by atoms with Gasteiger partial charge in [0.15, 0.2) is 0 Å². The maximum Gasteiger partial charge on any atom is 0.298 e. The van der Waals surface area contributed by atoms with Crippen LogP contribution in [0.1, 0.15) is 12.2 Å². The second-order valence-corrected chi connectivity index (χ2v) is 4.40. The topological polar surface area (TPSA) is 80.6 Å². The molecule has 0 bridgehead atoms. The van der Waals surface area contributed by atoms with Crippen molar-refractivity contribution < 1.29 is 17.7 Å². The molecule has 15 heavy (non-hydrogen) atoms. The molecule has 0 aromatic carbocycles. The Morgan fingerprint density at radius 3 is 2.93 bits per heavy atom. The molecule has 0 radical (unpaired) electrons. The van der Waals surface area contributed by atoms with Gasteiger partial charge < -0.3 is 4.42 Å². The minimum absolute atomic E-state index is 0.293. The summed E-state index contributed by atoms with van der Waals surface area (Å²) in [5.41, 5.74) is 0. The number of hydrogen-bond donors (Lipinski definition) is 2. The zero-order valence-electron chi connectivity index (χ0n) is 8.39. The summed E-state index contributed by atoms with van der Waals surface area (Å²) in [6, 6.07) is 3.66. The molecule has 0 spiro atoms. The second-order valence-electron chi connectivity index (χ2n) is 2.82. The summed E-state index contributed by atoms with van der Waals surface area (Å²) in [5, 5.41) is 0. The van der Waals surface area contributed by atoms with Gasteiger partial charge in [-0.25, -0.2) is 4.72 Å². The molecule has 2 N–H and O–H groups in total. The van der Waals surface area contributed by atoms with Gasteiger partial charge in [0.25, 0.3) is 10.2 Å². The molecule has 0 unspecified atom stereocenters. The first-order valence-corrected chi connectivity index (χ1v) is 5.97. The highest BCUT2D eigenvalue weighted by molar-refractivity contribution is 7.87. The maximum absolute atomic E-state index is 10.8. The van der Waals surface area contributed by atoms with E-state index in [-0.39, 0.29) is 0 Å². The molecule has 0 aliphatic rings. The fourth-order valence-electron chi connectivity index (χ4n) is 0.934. The predicted octanol–water partition coefficient (Wildman–Crippen LogP) is 0.198.